The zero-order valence-corrected chi connectivity index (χ0v) is 21.5. The van der Waals surface area contributed by atoms with Crippen molar-refractivity contribution in [3.05, 3.63) is 41.5 Å². The number of anilines is 2. The number of nitrogens with two attached hydrogens (primary N) is 1. The third-order valence-corrected chi connectivity index (χ3v) is 7.56. The van der Waals surface area contributed by atoms with Crippen LogP contribution in [0.5, 0.6) is 5.75 Å². The monoisotopic (exact) mass is 544 g/mol. The lowest BCUT2D eigenvalue weighted by atomic mass is 10.0. The number of carboxylic acids is 1. The molecule has 1 saturated heterocycles. The summed E-state index contributed by atoms with van der Waals surface area (Å²) in [7, 11) is 1.25. The van der Waals surface area contributed by atoms with Crippen molar-refractivity contribution in [3.8, 4) is 5.75 Å². The predicted octanol–water partition coefficient (Wildman–Crippen LogP) is 0.120. The lowest BCUT2D eigenvalue weighted by molar-refractivity contribution is -0.689. The third kappa shape index (κ3) is 4.49. The fourth-order valence-electron chi connectivity index (χ4n) is 4.38. The van der Waals surface area contributed by atoms with Gasteiger partial charge in [0, 0.05) is 29.4 Å². The van der Waals surface area contributed by atoms with Crippen LogP contribution in [0, 0.1) is 5.92 Å². The highest BCUT2D eigenvalue weighted by Gasteiger charge is 2.55. The number of nitrogen functional groups attached to an aromatic ring is 1. The second-order valence-electron chi connectivity index (χ2n) is 9.18. The lowest BCUT2D eigenvalue weighted by Crippen LogP contribution is -2.71. The van der Waals surface area contributed by atoms with Crippen LogP contribution in [0.4, 0.5) is 11.6 Å². The zero-order valence-electron chi connectivity index (χ0n) is 20.7. The Labute approximate surface area is 220 Å². The number of carbonyl (C=O) groups is 3. The quantitative estimate of drug-likeness (QED) is 0.153. The number of ether oxygens (including phenoxy) is 1. The van der Waals surface area contributed by atoms with Crippen LogP contribution in [0.3, 0.4) is 0 Å². The van der Waals surface area contributed by atoms with E-state index in [1.807, 2.05) is 36.9 Å². The maximum absolute atomic E-state index is 13.1. The highest BCUT2D eigenvalue weighted by molar-refractivity contribution is 8.00. The van der Waals surface area contributed by atoms with Gasteiger partial charge in [-0.25, -0.2) is 4.79 Å². The maximum Gasteiger partial charge on any atom is 0.352 e. The smallest absolute Gasteiger partial charge is 0.352 e. The molecule has 3 aliphatic heterocycles. The van der Waals surface area contributed by atoms with E-state index in [4.69, 9.17) is 19.8 Å². The van der Waals surface area contributed by atoms with Crippen molar-refractivity contribution in [2.45, 2.75) is 38.0 Å². The number of amides is 2. The van der Waals surface area contributed by atoms with Gasteiger partial charge in [-0.3, -0.25) is 14.5 Å². The summed E-state index contributed by atoms with van der Waals surface area (Å²) in [6.45, 7) is 4.35. The molecule has 0 aliphatic carbocycles. The Hall–Kier alpha value is -4.27. The largest absolute Gasteiger partial charge is 0.477 e. The number of fused-ring (bicyclic) bond motifs is 2. The molecule has 1 fully saturated rings. The molecule has 5 heterocycles. The first-order valence-electron chi connectivity index (χ1n) is 11.7. The van der Waals surface area contributed by atoms with E-state index in [1.165, 1.54) is 29.8 Å². The fourth-order valence-corrected chi connectivity index (χ4v) is 5.72. The summed E-state index contributed by atoms with van der Waals surface area (Å²) in [6.07, 6.45) is 3.50. The number of aromatic nitrogens is 2. The molecular formula is C23H26N7O7S+. The van der Waals surface area contributed by atoms with Gasteiger partial charge in [0.1, 0.15) is 29.9 Å². The zero-order chi connectivity index (χ0) is 27.1. The summed E-state index contributed by atoms with van der Waals surface area (Å²) in [6, 6.07) is 2.20. The highest BCUT2D eigenvalue weighted by atomic mass is 32.2. The number of nitrogens with one attached hydrogen (secondary N) is 2. The van der Waals surface area contributed by atoms with Crippen LogP contribution in [0.25, 0.3) is 0 Å². The Bertz CT molecular complexity index is 1370. The van der Waals surface area contributed by atoms with Crippen molar-refractivity contribution in [2.24, 2.45) is 11.1 Å². The lowest BCUT2D eigenvalue weighted by Gasteiger charge is -2.49. The summed E-state index contributed by atoms with van der Waals surface area (Å²) < 4.78 is 12.6. The van der Waals surface area contributed by atoms with Gasteiger partial charge in [0.25, 0.3) is 11.8 Å². The standard InChI is InChI=1S/C23H25N7O7S/c1-10(2)20-25-12-4-5-29(8-14(12)36-20)7-11-9-38-22-17(21(32)30(22)18(11)23(33)34)26-19(31)16(28-35-3)13-6-15(24)37-27-13/h4-6,8,10,17,20,22H,7,9H2,1-3H3,(H4,24,26,27,31,33,34)/p+1/t17?,20?,22-/m1/s1. The molecule has 5 rings (SSSR count). The Balaban J connectivity index is 1.32. The molecular weight excluding hydrogens is 518 g/mol. The number of nitrogens with zero attached hydrogens (tertiary/aromatic N) is 4. The number of carboxylic acid groups (broad SMARTS) is 1. The van der Waals surface area contributed by atoms with E-state index < -0.39 is 29.2 Å². The van der Waals surface area contributed by atoms with Gasteiger partial charge in [0.15, 0.2) is 24.7 Å². The minimum atomic E-state index is -1.22. The first kappa shape index (κ1) is 25.4. The third-order valence-electron chi connectivity index (χ3n) is 6.22. The molecule has 0 radical (unpaired) electrons. The molecule has 2 aromatic rings. The summed E-state index contributed by atoms with van der Waals surface area (Å²) in [5, 5.41) is 22.6. The van der Waals surface area contributed by atoms with Crippen molar-refractivity contribution < 1.29 is 38.2 Å². The second-order valence-corrected chi connectivity index (χ2v) is 10.3. The first-order valence-corrected chi connectivity index (χ1v) is 12.7. The van der Waals surface area contributed by atoms with Crippen molar-refractivity contribution >= 4 is 46.8 Å². The normalized spacial score (nSPS) is 22.3. The summed E-state index contributed by atoms with van der Waals surface area (Å²) in [5.41, 5.74) is 6.65. The molecule has 3 atom stereocenters. The number of hydrogen-bond acceptors (Lipinski definition) is 11. The van der Waals surface area contributed by atoms with E-state index in [1.54, 1.807) is 0 Å². The number of thioether (sulfide) groups is 1. The molecule has 3 aliphatic rings. The summed E-state index contributed by atoms with van der Waals surface area (Å²) in [4.78, 5) is 44.1. The Kier molecular flexibility index (Phi) is 6.60. The molecule has 200 valence electrons. The summed E-state index contributed by atoms with van der Waals surface area (Å²) in [5.74, 6) is -1.25. The average Bonchev–Trinajstić information content (AvgIpc) is 3.51. The van der Waals surface area contributed by atoms with Gasteiger partial charge in [0.05, 0.1) is 5.69 Å². The molecule has 15 heteroatoms. The van der Waals surface area contributed by atoms with Crippen LogP contribution in [0.1, 0.15) is 19.5 Å². The van der Waals surface area contributed by atoms with Crippen LogP contribution in [-0.4, -0.2) is 69.2 Å². The number of carbonyl (C=O) groups excluding carboxylic acids is 2. The van der Waals surface area contributed by atoms with E-state index >= 15 is 0 Å². The Morgan fingerprint density at radius 1 is 1.47 bits per heavy atom. The molecule has 0 saturated carbocycles. The molecule has 0 spiro atoms. The second kappa shape index (κ2) is 9.89. The number of pyridine rings is 1. The first-order chi connectivity index (χ1) is 18.2. The van der Waals surface area contributed by atoms with Gasteiger partial charge < -0.3 is 35.6 Å². The molecule has 2 aromatic heterocycles. The SMILES string of the molecule is CON=C(C(=O)NC1C(=O)N2C(C(=O)O)=C(C[n+]3ccc4c(c3)OC(C(C)C)N4)CS[C@H]12)c1cc(N)on1. The predicted molar refractivity (Wildman–Crippen MR) is 134 cm³/mol. The van der Waals surface area contributed by atoms with Gasteiger partial charge in [-0.15, -0.1) is 11.8 Å². The highest BCUT2D eigenvalue weighted by Crippen LogP contribution is 2.40. The molecule has 2 unspecified atom stereocenters. The average molecular weight is 545 g/mol. The maximum atomic E-state index is 13.1. The van der Waals surface area contributed by atoms with Gasteiger partial charge in [0.2, 0.25) is 17.8 Å². The van der Waals surface area contributed by atoms with Gasteiger partial charge >= 0.3 is 5.97 Å². The molecule has 0 bridgehead atoms. The van der Waals surface area contributed by atoms with Crippen LogP contribution < -0.4 is 25.7 Å². The van der Waals surface area contributed by atoms with Crippen LogP contribution in [-0.2, 0) is 25.8 Å². The van der Waals surface area contributed by atoms with Crippen molar-refractivity contribution in [1.29, 1.82) is 0 Å². The van der Waals surface area contributed by atoms with Crippen molar-refractivity contribution in [2.75, 3.05) is 23.9 Å². The van der Waals surface area contributed by atoms with E-state index in [9.17, 15) is 19.5 Å². The van der Waals surface area contributed by atoms with Gasteiger partial charge in [-0.2, -0.15) is 4.57 Å². The van der Waals surface area contributed by atoms with Gasteiger partial charge in [-0.1, -0.05) is 24.2 Å². The Morgan fingerprint density at radius 2 is 2.26 bits per heavy atom. The molecule has 2 amide bonds. The Morgan fingerprint density at radius 3 is 2.92 bits per heavy atom. The van der Waals surface area contributed by atoms with Crippen LogP contribution >= 0.6 is 11.8 Å². The molecule has 14 nitrogen and oxygen atoms in total. The number of rotatable bonds is 8. The number of aliphatic carboxylic acids is 1. The van der Waals surface area contributed by atoms with E-state index in [-0.39, 0.29) is 41.7 Å². The fraction of sp³-hybridized carbons (Fsp3) is 0.391. The topological polar surface area (TPSA) is 185 Å². The van der Waals surface area contributed by atoms with Crippen LogP contribution in [0.2, 0.25) is 0 Å². The minimum Gasteiger partial charge on any atom is -0.477 e. The number of hydrogen-bond donors (Lipinski definition) is 4. The van der Waals surface area contributed by atoms with E-state index in [0.29, 0.717) is 17.1 Å². The molecule has 5 N–H and O–H groups in total. The number of β-lactam (4-membered cyclic amide) rings is 1. The van der Waals surface area contributed by atoms with Crippen LogP contribution in [0.15, 0.2) is 45.5 Å². The van der Waals surface area contributed by atoms with Crippen molar-refractivity contribution in [3.63, 3.8) is 0 Å². The van der Waals surface area contributed by atoms with E-state index in [2.05, 4.69) is 20.9 Å². The molecule has 0 aromatic carbocycles. The summed E-state index contributed by atoms with van der Waals surface area (Å²) >= 11 is 1.36. The number of oxime groups is 1. The van der Waals surface area contributed by atoms with Gasteiger partial charge in [-0.05, 0) is 0 Å². The van der Waals surface area contributed by atoms with Crippen molar-refractivity contribution in [1.82, 2.24) is 15.4 Å². The molecule has 38 heavy (non-hydrogen) atoms. The van der Waals surface area contributed by atoms with E-state index in [0.717, 1.165) is 5.69 Å². The minimum absolute atomic E-state index is 0.0282.